The molecule has 0 unspecified atom stereocenters. The first kappa shape index (κ1) is 16.1. The molecule has 1 saturated carbocycles. The fourth-order valence-electron chi connectivity index (χ4n) is 3.72. The first-order valence-electron chi connectivity index (χ1n) is 8.37. The van der Waals surface area contributed by atoms with Crippen LogP contribution in [0.2, 0.25) is 0 Å². The Labute approximate surface area is 147 Å². The predicted molar refractivity (Wildman–Crippen MR) is 94.7 cm³/mol. The highest BCUT2D eigenvalue weighted by molar-refractivity contribution is 7.93. The summed E-state index contributed by atoms with van der Waals surface area (Å²) in [4.78, 5) is 11.4. The lowest BCUT2D eigenvalue weighted by molar-refractivity contribution is 0.0696. The first-order chi connectivity index (χ1) is 11.9. The fraction of sp³-hybridized carbons (Fsp3) is 0.316. The van der Waals surface area contributed by atoms with E-state index in [2.05, 4.69) is 0 Å². The Balaban J connectivity index is 1.87. The van der Waals surface area contributed by atoms with Gasteiger partial charge in [0, 0.05) is 12.0 Å². The van der Waals surface area contributed by atoms with Gasteiger partial charge in [0.05, 0.1) is 16.1 Å². The van der Waals surface area contributed by atoms with Crippen LogP contribution in [0.5, 0.6) is 0 Å². The van der Waals surface area contributed by atoms with Gasteiger partial charge in [-0.2, -0.15) is 0 Å². The van der Waals surface area contributed by atoms with E-state index >= 15 is 0 Å². The number of aromatic carboxylic acids is 1. The standard InChI is InChI=1S/C19H19NO4S/c1-2-13-7-8-14(18(21)22)11-17(13)25(23,24)20-12-19(9-10-19)15-5-3-4-6-16(15)20/h3-8,11H,2,9-10,12H2,1H3,(H,21,22). The van der Waals surface area contributed by atoms with Crippen molar-refractivity contribution < 1.29 is 18.3 Å². The molecule has 6 heteroatoms. The van der Waals surface area contributed by atoms with Crippen LogP contribution in [-0.4, -0.2) is 26.0 Å². The molecule has 2 aliphatic rings. The Morgan fingerprint density at radius 3 is 2.56 bits per heavy atom. The summed E-state index contributed by atoms with van der Waals surface area (Å²) < 4.78 is 28.3. The number of fused-ring (bicyclic) bond motifs is 2. The molecule has 0 amide bonds. The summed E-state index contributed by atoms with van der Waals surface area (Å²) in [6.07, 6.45) is 2.51. The highest BCUT2D eigenvalue weighted by Crippen LogP contribution is 2.57. The van der Waals surface area contributed by atoms with E-state index in [4.69, 9.17) is 0 Å². The SMILES string of the molecule is CCc1ccc(C(=O)O)cc1S(=O)(=O)N1CC2(CC2)c2ccccc21. The summed E-state index contributed by atoms with van der Waals surface area (Å²) in [6.45, 7) is 2.31. The normalized spacial score (nSPS) is 17.6. The van der Waals surface area contributed by atoms with Gasteiger partial charge in [0.2, 0.25) is 0 Å². The van der Waals surface area contributed by atoms with Crippen LogP contribution < -0.4 is 4.31 Å². The minimum absolute atomic E-state index is 0.00982. The zero-order chi connectivity index (χ0) is 17.8. The highest BCUT2D eigenvalue weighted by Gasteiger charge is 2.54. The molecule has 0 atom stereocenters. The molecule has 0 bridgehead atoms. The van der Waals surface area contributed by atoms with E-state index in [1.165, 1.54) is 16.4 Å². The Bertz CT molecular complexity index is 977. The molecule has 0 saturated heterocycles. The van der Waals surface area contributed by atoms with Gasteiger partial charge in [-0.05, 0) is 48.6 Å². The topological polar surface area (TPSA) is 74.7 Å². The number of hydrogen-bond donors (Lipinski definition) is 1. The van der Waals surface area contributed by atoms with E-state index in [1.54, 1.807) is 6.07 Å². The van der Waals surface area contributed by atoms with E-state index in [0.717, 1.165) is 24.1 Å². The van der Waals surface area contributed by atoms with E-state index in [-0.39, 0.29) is 15.9 Å². The quantitative estimate of drug-likeness (QED) is 0.912. The zero-order valence-corrected chi connectivity index (χ0v) is 14.7. The molecule has 2 aromatic carbocycles. The molecule has 1 aliphatic carbocycles. The van der Waals surface area contributed by atoms with E-state index in [1.807, 2.05) is 31.2 Å². The maximum atomic E-state index is 13.4. The average Bonchev–Trinajstić information content (AvgIpc) is 3.31. The maximum absolute atomic E-state index is 13.4. The number of nitrogens with zero attached hydrogens (tertiary/aromatic N) is 1. The number of rotatable bonds is 4. The second-order valence-electron chi connectivity index (χ2n) is 6.79. The largest absolute Gasteiger partial charge is 0.478 e. The van der Waals surface area contributed by atoms with Crippen molar-refractivity contribution in [3.8, 4) is 0 Å². The number of para-hydroxylation sites is 1. The first-order valence-corrected chi connectivity index (χ1v) is 9.81. The molecule has 0 radical (unpaired) electrons. The number of sulfonamides is 1. The van der Waals surface area contributed by atoms with Crippen LogP contribution in [-0.2, 0) is 21.9 Å². The third-order valence-corrected chi connectivity index (χ3v) is 7.15. The summed E-state index contributed by atoms with van der Waals surface area (Å²) in [5, 5.41) is 9.25. The number of carboxylic acids is 1. The summed E-state index contributed by atoms with van der Waals surface area (Å²) in [7, 11) is -3.81. The second kappa shape index (κ2) is 5.33. The van der Waals surface area contributed by atoms with Crippen molar-refractivity contribution in [3.05, 3.63) is 59.2 Å². The molecule has 25 heavy (non-hydrogen) atoms. The molecule has 5 nitrogen and oxygen atoms in total. The van der Waals surface area contributed by atoms with Gasteiger partial charge in [0.25, 0.3) is 10.0 Å². The van der Waals surface area contributed by atoms with Gasteiger partial charge >= 0.3 is 5.97 Å². The molecule has 2 aromatic rings. The Morgan fingerprint density at radius 1 is 1.20 bits per heavy atom. The zero-order valence-electron chi connectivity index (χ0n) is 13.9. The van der Waals surface area contributed by atoms with Crippen LogP contribution in [0, 0.1) is 0 Å². The summed E-state index contributed by atoms with van der Waals surface area (Å²) in [5.41, 5.74) is 2.39. The fourth-order valence-corrected chi connectivity index (χ4v) is 5.61. The van der Waals surface area contributed by atoms with Crippen molar-refractivity contribution in [2.75, 3.05) is 10.8 Å². The number of anilines is 1. The monoisotopic (exact) mass is 357 g/mol. The lowest BCUT2D eigenvalue weighted by atomic mass is 9.99. The van der Waals surface area contributed by atoms with Crippen molar-refractivity contribution >= 4 is 21.7 Å². The van der Waals surface area contributed by atoms with Gasteiger partial charge in [-0.1, -0.05) is 31.2 Å². The Hall–Kier alpha value is -2.34. The third-order valence-electron chi connectivity index (χ3n) is 5.31. The summed E-state index contributed by atoms with van der Waals surface area (Å²) >= 11 is 0. The number of carbonyl (C=O) groups is 1. The number of hydrogen-bond acceptors (Lipinski definition) is 3. The van der Waals surface area contributed by atoms with Gasteiger partial charge in [-0.15, -0.1) is 0 Å². The Morgan fingerprint density at radius 2 is 1.92 bits per heavy atom. The lowest BCUT2D eigenvalue weighted by Gasteiger charge is -2.22. The van der Waals surface area contributed by atoms with Crippen molar-refractivity contribution in [1.29, 1.82) is 0 Å². The van der Waals surface area contributed by atoms with Crippen LogP contribution in [0.3, 0.4) is 0 Å². The maximum Gasteiger partial charge on any atom is 0.335 e. The van der Waals surface area contributed by atoms with Gasteiger partial charge in [0.1, 0.15) is 0 Å². The van der Waals surface area contributed by atoms with E-state index in [9.17, 15) is 18.3 Å². The van der Waals surface area contributed by atoms with Crippen LogP contribution in [0.25, 0.3) is 0 Å². The van der Waals surface area contributed by atoms with Crippen LogP contribution >= 0.6 is 0 Å². The average molecular weight is 357 g/mol. The van der Waals surface area contributed by atoms with Crippen LogP contribution in [0.1, 0.15) is 41.3 Å². The molecule has 1 spiro atoms. The number of benzene rings is 2. The van der Waals surface area contributed by atoms with Crippen molar-refractivity contribution in [3.63, 3.8) is 0 Å². The molecule has 1 heterocycles. The summed E-state index contributed by atoms with van der Waals surface area (Å²) in [6, 6.07) is 12.0. The van der Waals surface area contributed by atoms with Crippen LogP contribution in [0.15, 0.2) is 47.4 Å². The minimum atomic E-state index is -3.81. The number of carboxylic acid groups (broad SMARTS) is 1. The molecule has 1 fully saturated rings. The number of aryl methyl sites for hydroxylation is 1. The molecular formula is C19H19NO4S. The molecular weight excluding hydrogens is 338 g/mol. The molecule has 130 valence electrons. The van der Waals surface area contributed by atoms with Crippen molar-refractivity contribution in [2.24, 2.45) is 0 Å². The Kier molecular flexibility index (Phi) is 3.44. The molecule has 1 N–H and O–H groups in total. The minimum Gasteiger partial charge on any atom is -0.478 e. The van der Waals surface area contributed by atoms with Gasteiger partial charge in [-0.25, -0.2) is 13.2 Å². The van der Waals surface area contributed by atoms with E-state index < -0.39 is 16.0 Å². The smallest absolute Gasteiger partial charge is 0.335 e. The van der Waals surface area contributed by atoms with Gasteiger partial charge < -0.3 is 5.11 Å². The van der Waals surface area contributed by atoms with Gasteiger partial charge in [0.15, 0.2) is 0 Å². The van der Waals surface area contributed by atoms with Gasteiger partial charge in [-0.3, -0.25) is 4.31 Å². The van der Waals surface area contributed by atoms with Crippen molar-refractivity contribution in [1.82, 2.24) is 0 Å². The third kappa shape index (κ3) is 2.35. The van der Waals surface area contributed by atoms with Crippen LogP contribution in [0.4, 0.5) is 5.69 Å². The predicted octanol–water partition coefficient (Wildman–Crippen LogP) is 3.19. The lowest BCUT2D eigenvalue weighted by Crippen LogP contribution is -2.32. The molecule has 1 aliphatic heterocycles. The van der Waals surface area contributed by atoms with Crippen molar-refractivity contribution in [2.45, 2.75) is 36.5 Å². The highest BCUT2D eigenvalue weighted by atomic mass is 32.2. The molecule has 0 aromatic heterocycles. The van der Waals surface area contributed by atoms with E-state index in [0.29, 0.717) is 18.5 Å². The summed E-state index contributed by atoms with van der Waals surface area (Å²) in [5.74, 6) is -1.13. The second-order valence-corrected chi connectivity index (χ2v) is 8.62. The molecule has 4 rings (SSSR count).